The maximum atomic E-state index is 9.87. The van der Waals surface area contributed by atoms with Crippen LogP contribution in [0.1, 0.15) is 32.6 Å². The molecule has 0 aromatic heterocycles. The van der Waals surface area contributed by atoms with Crippen molar-refractivity contribution in [2.75, 3.05) is 6.61 Å². The summed E-state index contributed by atoms with van der Waals surface area (Å²) in [6.07, 6.45) is 4.55. The molecule has 2 bridgehead atoms. The van der Waals surface area contributed by atoms with Crippen LogP contribution < -0.4 is 0 Å². The molecule has 1 spiro atoms. The lowest BCUT2D eigenvalue weighted by Gasteiger charge is -2.37. The van der Waals surface area contributed by atoms with E-state index in [1.54, 1.807) is 0 Å². The summed E-state index contributed by atoms with van der Waals surface area (Å²) in [6.45, 7) is 3.14. The average Bonchev–Trinajstić information content (AvgIpc) is 2.70. The van der Waals surface area contributed by atoms with Gasteiger partial charge in [-0.15, -0.1) is 0 Å². The Morgan fingerprint density at radius 1 is 1.38 bits per heavy atom. The molecule has 0 aromatic carbocycles. The van der Waals surface area contributed by atoms with Gasteiger partial charge < -0.3 is 9.84 Å². The molecule has 5 unspecified atom stereocenters. The zero-order chi connectivity index (χ0) is 9.05. The van der Waals surface area contributed by atoms with E-state index < -0.39 is 6.29 Å². The topological polar surface area (TPSA) is 29.5 Å². The van der Waals surface area contributed by atoms with Gasteiger partial charge in [-0.05, 0) is 43.4 Å². The Labute approximate surface area is 79.3 Å². The molecule has 1 heterocycles. The van der Waals surface area contributed by atoms with Crippen LogP contribution in [-0.4, -0.2) is 18.0 Å². The molecule has 1 saturated heterocycles. The fraction of sp³-hybridized carbons (Fsp3) is 1.00. The average molecular weight is 182 g/mol. The lowest BCUT2D eigenvalue weighted by atomic mass is 9.69. The summed E-state index contributed by atoms with van der Waals surface area (Å²) in [5, 5.41) is 9.87. The third-order valence-electron chi connectivity index (χ3n) is 4.84. The predicted octanol–water partition coefficient (Wildman–Crippen LogP) is 1.78. The quantitative estimate of drug-likeness (QED) is 0.618. The number of hydrogen-bond acceptors (Lipinski definition) is 2. The van der Waals surface area contributed by atoms with Crippen LogP contribution in [-0.2, 0) is 4.74 Å². The molecular weight excluding hydrogens is 164 g/mol. The molecule has 2 nitrogen and oxygen atoms in total. The van der Waals surface area contributed by atoms with E-state index in [1.165, 1.54) is 19.3 Å². The highest BCUT2D eigenvalue weighted by atomic mass is 16.6. The van der Waals surface area contributed by atoms with Gasteiger partial charge in [-0.25, -0.2) is 0 Å². The van der Waals surface area contributed by atoms with Crippen molar-refractivity contribution < 1.29 is 9.84 Å². The van der Waals surface area contributed by atoms with Gasteiger partial charge in [-0.3, -0.25) is 0 Å². The summed E-state index contributed by atoms with van der Waals surface area (Å²) in [6, 6.07) is 0. The number of aliphatic hydroxyl groups is 1. The summed E-state index contributed by atoms with van der Waals surface area (Å²) in [4.78, 5) is 0. The first-order chi connectivity index (χ1) is 6.22. The molecule has 3 rings (SSSR count). The molecule has 2 saturated carbocycles. The second kappa shape index (κ2) is 2.48. The van der Waals surface area contributed by atoms with Crippen molar-refractivity contribution in [2.45, 2.75) is 38.9 Å². The van der Waals surface area contributed by atoms with E-state index in [1.807, 2.05) is 0 Å². The van der Waals surface area contributed by atoms with Gasteiger partial charge in [0, 0.05) is 5.41 Å². The molecule has 0 aromatic rings. The van der Waals surface area contributed by atoms with Crippen molar-refractivity contribution in [1.29, 1.82) is 0 Å². The number of aliphatic hydroxyl groups excluding tert-OH is 1. The van der Waals surface area contributed by atoms with Crippen LogP contribution in [0.15, 0.2) is 0 Å². The van der Waals surface area contributed by atoms with Gasteiger partial charge in [0.1, 0.15) is 0 Å². The Hall–Kier alpha value is -0.0800. The van der Waals surface area contributed by atoms with Crippen LogP contribution in [0.5, 0.6) is 0 Å². The SMILES string of the molecule is CC1CC2CC1CC21CCOC1O. The Balaban J connectivity index is 1.88. The van der Waals surface area contributed by atoms with Crippen LogP contribution in [0.25, 0.3) is 0 Å². The van der Waals surface area contributed by atoms with E-state index in [0.717, 1.165) is 30.8 Å². The van der Waals surface area contributed by atoms with Crippen LogP contribution in [0.4, 0.5) is 0 Å². The minimum Gasteiger partial charge on any atom is -0.367 e. The largest absolute Gasteiger partial charge is 0.367 e. The van der Waals surface area contributed by atoms with Gasteiger partial charge in [0.05, 0.1) is 6.61 Å². The molecule has 5 atom stereocenters. The molecule has 0 radical (unpaired) electrons. The van der Waals surface area contributed by atoms with Crippen molar-refractivity contribution in [2.24, 2.45) is 23.2 Å². The summed E-state index contributed by atoms with van der Waals surface area (Å²) >= 11 is 0. The van der Waals surface area contributed by atoms with Gasteiger partial charge >= 0.3 is 0 Å². The van der Waals surface area contributed by atoms with E-state index in [4.69, 9.17) is 4.74 Å². The van der Waals surface area contributed by atoms with E-state index in [9.17, 15) is 5.11 Å². The normalized spacial score (nSPS) is 59.5. The molecule has 13 heavy (non-hydrogen) atoms. The van der Waals surface area contributed by atoms with E-state index in [0.29, 0.717) is 0 Å². The van der Waals surface area contributed by atoms with Gasteiger partial charge in [-0.2, -0.15) is 0 Å². The van der Waals surface area contributed by atoms with Gasteiger partial charge in [-0.1, -0.05) is 6.92 Å². The Bertz CT molecular complexity index is 226. The third-order valence-corrected chi connectivity index (χ3v) is 4.84. The molecule has 2 heteroatoms. The number of fused-ring (bicyclic) bond motifs is 3. The van der Waals surface area contributed by atoms with Crippen molar-refractivity contribution in [3.63, 3.8) is 0 Å². The maximum Gasteiger partial charge on any atom is 0.160 e. The molecule has 3 fully saturated rings. The highest BCUT2D eigenvalue weighted by Crippen LogP contribution is 2.62. The summed E-state index contributed by atoms with van der Waals surface area (Å²) in [7, 11) is 0. The zero-order valence-corrected chi connectivity index (χ0v) is 8.20. The first-order valence-corrected chi connectivity index (χ1v) is 5.52. The highest BCUT2D eigenvalue weighted by Gasteiger charge is 2.59. The lowest BCUT2D eigenvalue weighted by Crippen LogP contribution is -2.37. The fourth-order valence-corrected chi connectivity index (χ4v) is 4.00. The zero-order valence-electron chi connectivity index (χ0n) is 8.20. The lowest BCUT2D eigenvalue weighted by molar-refractivity contribution is -0.136. The van der Waals surface area contributed by atoms with Gasteiger partial charge in [0.25, 0.3) is 0 Å². The van der Waals surface area contributed by atoms with Crippen LogP contribution in [0.3, 0.4) is 0 Å². The Kier molecular flexibility index (Phi) is 1.58. The number of hydrogen-bond donors (Lipinski definition) is 1. The maximum absolute atomic E-state index is 9.87. The molecule has 74 valence electrons. The van der Waals surface area contributed by atoms with Gasteiger partial charge in [0.2, 0.25) is 0 Å². The summed E-state index contributed by atoms with van der Waals surface area (Å²) < 4.78 is 5.33. The smallest absolute Gasteiger partial charge is 0.160 e. The Morgan fingerprint density at radius 3 is 2.69 bits per heavy atom. The van der Waals surface area contributed by atoms with E-state index in [-0.39, 0.29) is 5.41 Å². The van der Waals surface area contributed by atoms with E-state index >= 15 is 0 Å². The summed E-state index contributed by atoms with van der Waals surface area (Å²) in [5.74, 6) is 2.52. The second-order valence-corrected chi connectivity index (χ2v) is 5.32. The highest BCUT2D eigenvalue weighted by molar-refractivity contribution is 5.05. The van der Waals surface area contributed by atoms with Crippen LogP contribution in [0.2, 0.25) is 0 Å². The standard InChI is InChI=1S/C11H18O2/c1-7-4-9-5-8(7)6-11(9)2-3-13-10(11)12/h7-10,12H,2-6H2,1H3. The van der Waals surface area contributed by atoms with Gasteiger partial charge in [0.15, 0.2) is 6.29 Å². The first-order valence-electron chi connectivity index (χ1n) is 5.52. The fourth-order valence-electron chi connectivity index (χ4n) is 4.00. The minimum atomic E-state index is -0.449. The molecular formula is C11H18O2. The molecule has 3 aliphatic rings. The van der Waals surface area contributed by atoms with E-state index in [2.05, 4.69) is 6.92 Å². The number of rotatable bonds is 0. The molecule has 1 N–H and O–H groups in total. The molecule has 1 aliphatic heterocycles. The summed E-state index contributed by atoms with van der Waals surface area (Å²) in [5.41, 5.74) is 0.178. The van der Waals surface area contributed by atoms with Crippen LogP contribution in [0, 0.1) is 23.2 Å². The number of ether oxygens (including phenoxy) is 1. The van der Waals surface area contributed by atoms with Crippen molar-refractivity contribution in [3.8, 4) is 0 Å². The minimum absolute atomic E-state index is 0.178. The second-order valence-electron chi connectivity index (χ2n) is 5.32. The predicted molar refractivity (Wildman–Crippen MR) is 49.0 cm³/mol. The molecule has 0 amide bonds. The first kappa shape index (κ1) is 8.25. The Morgan fingerprint density at radius 2 is 2.23 bits per heavy atom. The van der Waals surface area contributed by atoms with Crippen molar-refractivity contribution in [3.05, 3.63) is 0 Å². The van der Waals surface area contributed by atoms with Crippen LogP contribution >= 0.6 is 0 Å². The monoisotopic (exact) mass is 182 g/mol. The van der Waals surface area contributed by atoms with Crippen molar-refractivity contribution >= 4 is 0 Å². The molecule has 2 aliphatic carbocycles. The van der Waals surface area contributed by atoms with Crippen molar-refractivity contribution in [1.82, 2.24) is 0 Å². The third kappa shape index (κ3) is 0.909.